The molecule has 7 atom stereocenters. The highest BCUT2D eigenvalue weighted by Crippen LogP contribution is 2.73. The van der Waals surface area contributed by atoms with Gasteiger partial charge in [0.15, 0.2) is 5.78 Å². The lowest BCUT2D eigenvalue weighted by molar-refractivity contribution is -0.180. The summed E-state index contributed by atoms with van der Waals surface area (Å²) in [6.07, 6.45) is 8.62. The molecule has 4 aliphatic rings. The first-order valence-electron chi connectivity index (χ1n) is 15.3. The highest BCUT2D eigenvalue weighted by atomic mass is 16.5. The van der Waals surface area contributed by atoms with Gasteiger partial charge in [0.05, 0.1) is 20.6 Å². The van der Waals surface area contributed by atoms with Crippen molar-refractivity contribution >= 4 is 29.8 Å². The summed E-state index contributed by atoms with van der Waals surface area (Å²) in [7, 11) is 2.70. The molecule has 0 spiro atoms. The van der Waals surface area contributed by atoms with Crippen LogP contribution >= 0.6 is 0 Å². The van der Waals surface area contributed by atoms with Crippen LogP contribution in [0.3, 0.4) is 0 Å². The maximum absolute atomic E-state index is 14.4. The molecule has 4 aliphatic carbocycles. The first kappa shape index (κ1) is 31.6. The molecule has 0 heterocycles. The van der Waals surface area contributed by atoms with Crippen molar-refractivity contribution in [2.75, 3.05) is 14.2 Å². The molecule has 7 heteroatoms. The van der Waals surface area contributed by atoms with Crippen LogP contribution in [0.25, 0.3) is 0 Å². The molecule has 228 valence electrons. The second-order valence-corrected chi connectivity index (χ2v) is 15.7. The molecule has 0 aromatic heterocycles. The van der Waals surface area contributed by atoms with Gasteiger partial charge in [-0.25, -0.2) is 0 Å². The minimum atomic E-state index is -1.09. The molecule has 0 radical (unpaired) electrons. The van der Waals surface area contributed by atoms with E-state index < -0.39 is 34.1 Å². The Bertz CT molecular complexity index is 1180. The van der Waals surface area contributed by atoms with E-state index in [4.69, 9.17) is 9.47 Å². The molecule has 3 saturated carbocycles. The molecule has 0 unspecified atom stereocenters. The maximum atomic E-state index is 14.4. The van der Waals surface area contributed by atoms with Gasteiger partial charge < -0.3 is 14.3 Å². The number of carbonyl (C=O) groups excluding carboxylic acids is 5. The molecular formula is C34H50O7. The summed E-state index contributed by atoms with van der Waals surface area (Å²) in [5.41, 5.74) is -1.91. The van der Waals surface area contributed by atoms with Crippen LogP contribution in [0.15, 0.2) is 11.6 Å². The van der Waals surface area contributed by atoms with E-state index in [0.717, 1.165) is 44.0 Å². The standard InChI is InChI=1S/C34H50O7/c1-29(2)12-14-34(19-27(39)41-9)15-13-32(6)21(22(34)18-29)16-23(36)28-31(5,20-35)24(10-11-33(28,32)7)30(3,4)25(37)17-26(38)40-8/h16,20,22,24,28H,10-15,17-19H2,1-9H3/t22-,24-,28+,31-,32+,33+,34+/m0/s1. The molecule has 0 saturated heterocycles. The number of carbonyl (C=O) groups is 5. The number of hydrogen-bond donors (Lipinski definition) is 0. The number of fused-ring (bicyclic) bond motifs is 5. The Morgan fingerprint density at radius 3 is 2.15 bits per heavy atom. The number of Topliss-reactive ketones (excluding diaryl/α,β-unsaturated/α-hetero) is 1. The molecule has 0 amide bonds. The van der Waals surface area contributed by atoms with Gasteiger partial charge in [-0.3, -0.25) is 19.2 Å². The quantitative estimate of drug-likeness (QED) is 0.208. The fourth-order valence-electron chi connectivity index (χ4n) is 10.1. The molecule has 4 rings (SSSR count). The van der Waals surface area contributed by atoms with Crippen LogP contribution in [0, 0.1) is 50.2 Å². The summed E-state index contributed by atoms with van der Waals surface area (Å²) >= 11 is 0. The van der Waals surface area contributed by atoms with Crippen molar-refractivity contribution in [3.63, 3.8) is 0 Å². The fourth-order valence-corrected chi connectivity index (χ4v) is 10.1. The molecule has 41 heavy (non-hydrogen) atoms. The minimum absolute atomic E-state index is 0.0484. The van der Waals surface area contributed by atoms with Gasteiger partial charge in [0.25, 0.3) is 0 Å². The predicted molar refractivity (Wildman–Crippen MR) is 155 cm³/mol. The number of ether oxygens (including phenoxy) is 2. The molecule has 0 aliphatic heterocycles. The van der Waals surface area contributed by atoms with E-state index >= 15 is 0 Å². The Kier molecular flexibility index (Phi) is 7.83. The number of allylic oxidation sites excluding steroid dienone is 2. The summed E-state index contributed by atoms with van der Waals surface area (Å²) in [6.45, 7) is 14.5. The molecule has 7 nitrogen and oxygen atoms in total. The van der Waals surface area contributed by atoms with E-state index in [9.17, 15) is 24.0 Å². The number of rotatable bonds is 7. The van der Waals surface area contributed by atoms with Crippen molar-refractivity contribution in [1.82, 2.24) is 0 Å². The van der Waals surface area contributed by atoms with Crippen molar-refractivity contribution in [1.29, 1.82) is 0 Å². The van der Waals surface area contributed by atoms with Gasteiger partial charge in [0.2, 0.25) is 0 Å². The Labute approximate surface area is 245 Å². The Hall–Kier alpha value is -2.31. The zero-order valence-corrected chi connectivity index (χ0v) is 26.6. The number of hydrogen-bond acceptors (Lipinski definition) is 7. The number of ketones is 2. The third kappa shape index (κ3) is 4.64. The summed E-state index contributed by atoms with van der Waals surface area (Å²) in [5.74, 6) is -2.02. The van der Waals surface area contributed by atoms with Crippen molar-refractivity contribution < 1.29 is 33.4 Å². The fraction of sp³-hybridized carbons (Fsp3) is 0.794. The first-order valence-corrected chi connectivity index (χ1v) is 15.3. The van der Waals surface area contributed by atoms with Crippen molar-refractivity contribution in [3.8, 4) is 0 Å². The summed E-state index contributed by atoms with van der Waals surface area (Å²) in [6, 6.07) is 0. The molecule has 3 fully saturated rings. The lowest BCUT2D eigenvalue weighted by atomic mass is 9.34. The van der Waals surface area contributed by atoms with Gasteiger partial charge >= 0.3 is 11.9 Å². The zero-order chi connectivity index (χ0) is 30.8. The molecule has 0 aromatic carbocycles. The first-order chi connectivity index (χ1) is 18.9. The van der Waals surface area contributed by atoms with Crippen LogP contribution < -0.4 is 0 Å². The van der Waals surface area contributed by atoms with E-state index in [2.05, 4.69) is 27.7 Å². The lowest BCUT2D eigenvalue weighted by Gasteiger charge is -2.68. The van der Waals surface area contributed by atoms with Gasteiger partial charge in [-0.1, -0.05) is 54.0 Å². The normalized spacial score (nSPS) is 39.8. The van der Waals surface area contributed by atoms with Crippen LogP contribution in [-0.2, 0) is 33.4 Å². The van der Waals surface area contributed by atoms with E-state index in [1.54, 1.807) is 13.8 Å². The molecular weight excluding hydrogens is 520 g/mol. The van der Waals surface area contributed by atoms with Crippen LogP contribution in [0.2, 0.25) is 0 Å². The third-order valence-corrected chi connectivity index (χ3v) is 12.8. The highest BCUT2D eigenvalue weighted by molar-refractivity contribution is 6.00. The SMILES string of the molecule is COC(=O)CC(=O)C(C)(C)[C@@H]1CC[C@]2(C)[C@H](C(=O)C=C3[C@@H]4CC(C)(C)CC[C@]4(CC(=O)OC)CC[C@]32C)[C@@]1(C)C=O. The summed E-state index contributed by atoms with van der Waals surface area (Å²) in [4.78, 5) is 65.6. The summed E-state index contributed by atoms with van der Waals surface area (Å²) in [5, 5.41) is 0. The van der Waals surface area contributed by atoms with Crippen LogP contribution in [0.4, 0.5) is 0 Å². The van der Waals surface area contributed by atoms with Crippen molar-refractivity contribution in [2.24, 2.45) is 50.2 Å². The topological polar surface area (TPSA) is 104 Å². The van der Waals surface area contributed by atoms with Crippen molar-refractivity contribution in [2.45, 2.75) is 106 Å². The van der Waals surface area contributed by atoms with Crippen LogP contribution in [0.5, 0.6) is 0 Å². The number of methoxy groups -OCH3 is 2. The Morgan fingerprint density at radius 1 is 0.951 bits per heavy atom. The van der Waals surface area contributed by atoms with Crippen LogP contribution in [-0.4, -0.2) is 44.0 Å². The number of esters is 2. The average Bonchev–Trinajstić information content (AvgIpc) is 2.90. The van der Waals surface area contributed by atoms with Crippen LogP contribution in [0.1, 0.15) is 106 Å². The largest absolute Gasteiger partial charge is 0.469 e. The van der Waals surface area contributed by atoms with Crippen molar-refractivity contribution in [3.05, 3.63) is 11.6 Å². The average molecular weight is 571 g/mol. The van der Waals surface area contributed by atoms with E-state index in [1.807, 2.05) is 13.0 Å². The Balaban J connectivity index is 1.82. The Morgan fingerprint density at radius 2 is 1.56 bits per heavy atom. The van der Waals surface area contributed by atoms with Gasteiger partial charge in [0, 0.05) is 16.7 Å². The minimum Gasteiger partial charge on any atom is -0.469 e. The molecule has 0 bridgehead atoms. The molecule has 0 aromatic rings. The van der Waals surface area contributed by atoms with E-state index in [0.29, 0.717) is 19.3 Å². The third-order valence-electron chi connectivity index (χ3n) is 12.8. The predicted octanol–water partition coefficient (Wildman–Crippen LogP) is 6.07. The molecule has 0 N–H and O–H groups in total. The van der Waals surface area contributed by atoms with Gasteiger partial charge in [-0.05, 0) is 84.5 Å². The highest BCUT2D eigenvalue weighted by Gasteiger charge is 2.70. The smallest absolute Gasteiger partial charge is 0.313 e. The lowest BCUT2D eigenvalue weighted by Crippen LogP contribution is -2.65. The number of aldehydes is 1. The monoisotopic (exact) mass is 570 g/mol. The maximum Gasteiger partial charge on any atom is 0.313 e. The van der Waals surface area contributed by atoms with E-state index in [-0.39, 0.29) is 46.1 Å². The van der Waals surface area contributed by atoms with Gasteiger partial charge in [-0.2, -0.15) is 0 Å². The summed E-state index contributed by atoms with van der Waals surface area (Å²) < 4.78 is 9.90. The second-order valence-electron chi connectivity index (χ2n) is 15.7. The van der Waals surface area contributed by atoms with E-state index in [1.165, 1.54) is 14.2 Å². The second kappa shape index (κ2) is 10.2. The van der Waals surface area contributed by atoms with Gasteiger partial charge in [0.1, 0.15) is 18.5 Å². The van der Waals surface area contributed by atoms with Gasteiger partial charge in [-0.15, -0.1) is 0 Å². The zero-order valence-electron chi connectivity index (χ0n) is 26.6.